The van der Waals surface area contributed by atoms with Gasteiger partial charge in [-0.1, -0.05) is 53.9 Å². The van der Waals surface area contributed by atoms with Gasteiger partial charge in [0.1, 0.15) is 0 Å². The maximum Gasteiger partial charge on any atom is -0.00891 e. The summed E-state index contributed by atoms with van der Waals surface area (Å²) in [5.41, 5.74) is 1.17. The molecule has 4 fully saturated rings. The van der Waals surface area contributed by atoms with Gasteiger partial charge in [0.25, 0.3) is 0 Å². The van der Waals surface area contributed by atoms with Gasteiger partial charge < -0.3 is 0 Å². The molecule has 144 valence electrons. The molecule has 0 N–H and O–H groups in total. The Labute approximate surface area is 159 Å². The van der Waals surface area contributed by atoms with E-state index in [4.69, 9.17) is 0 Å². The Bertz CT molecular complexity index is 430. The molecule has 1 heteroatoms. The van der Waals surface area contributed by atoms with Gasteiger partial charge in [-0.3, -0.25) is 0 Å². The van der Waals surface area contributed by atoms with Crippen LogP contribution in [0.4, 0.5) is 0 Å². The van der Waals surface area contributed by atoms with Crippen LogP contribution in [0.1, 0.15) is 110 Å². The van der Waals surface area contributed by atoms with Crippen LogP contribution in [-0.2, 0) is 0 Å². The van der Waals surface area contributed by atoms with Crippen molar-refractivity contribution in [1.29, 1.82) is 0 Å². The fraction of sp³-hybridized carbons (Fsp3) is 1.00. The Morgan fingerprint density at radius 1 is 0.880 bits per heavy atom. The Morgan fingerprint density at radius 2 is 1.80 bits per heavy atom. The minimum absolute atomic E-state index is 0.276. The van der Waals surface area contributed by atoms with Crippen LogP contribution < -0.4 is 0 Å². The van der Waals surface area contributed by atoms with Gasteiger partial charge in [0, 0.05) is 0 Å². The quantitative estimate of drug-likeness (QED) is 0.435. The summed E-state index contributed by atoms with van der Waals surface area (Å²) in [5, 5.41) is 0.841. The molecule has 0 nitrogen and oxygen atoms in total. The highest BCUT2D eigenvalue weighted by Gasteiger charge is 2.50. The summed E-state index contributed by atoms with van der Waals surface area (Å²) in [5.74, 6) is 4.39. The predicted octanol–water partition coefficient (Wildman–Crippen LogP) is 7.99. The van der Waals surface area contributed by atoms with E-state index in [2.05, 4.69) is 13.8 Å². The van der Waals surface area contributed by atoms with Crippen molar-refractivity contribution < 1.29 is 0 Å². The Kier molecular flexibility index (Phi) is 6.16. The minimum Gasteiger partial charge on any atom is -0.0969 e. The van der Waals surface area contributed by atoms with E-state index < -0.39 is 0 Å². The molecular weight excluding hydrogens is 319 g/mol. The topological polar surface area (TPSA) is 0 Å². The molecule has 4 aliphatic carbocycles. The number of unbranched alkanes of at least 4 members (excludes halogenated alkanes) is 1. The second-order valence-corrected chi connectivity index (χ2v) is 13.6. The Hall–Kier alpha value is 0.430. The van der Waals surface area contributed by atoms with E-state index in [0.717, 1.165) is 28.8 Å². The van der Waals surface area contributed by atoms with Gasteiger partial charge in [0.05, 0.1) is 0 Å². The van der Waals surface area contributed by atoms with Gasteiger partial charge in [-0.15, -0.1) is 0 Å². The zero-order valence-corrected chi connectivity index (χ0v) is 18.0. The summed E-state index contributed by atoms with van der Waals surface area (Å²) in [6.45, 7) is 5.00. The molecular formula is C24H43P. The van der Waals surface area contributed by atoms with E-state index in [1.807, 2.05) is 0 Å². The lowest BCUT2D eigenvalue weighted by molar-refractivity contribution is 0.149. The molecule has 4 saturated carbocycles. The predicted molar refractivity (Wildman–Crippen MR) is 113 cm³/mol. The van der Waals surface area contributed by atoms with E-state index in [1.165, 1.54) is 18.5 Å². The number of rotatable bonds is 5. The highest BCUT2D eigenvalue weighted by Crippen LogP contribution is 2.69. The van der Waals surface area contributed by atoms with Crippen molar-refractivity contribution in [3.8, 4) is 0 Å². The lowest BCUT2D eigenvalue weighted by Crippen LogP contribution is -2.39. The van der Waals surface area contributed by atoms with Crippen LogP contribution in [0.2, 0.25) is 0 Å². The first-order chi connectivity index (χ1) is 12.2. The normalized spacial score (nSPS) is 45.6. The first kappa shape index (κ1) is 18.8. The lowest BCUT2D eigenvalue weighted by atomic mass is 9.68. The van der Waals surface area contributed by atoms with Crippen LogP contribution in [0, 0.1) is 23.7 Å². The molecule has 0 amide bonds. The molecule has 0 radical (unpaired) electrons. The average Bonchev–Trinajstić information content (AvgIpc) is 3.01. The average molecular weight is 363 g/mol. The molecule has 25 heavy (non-hydrogen) atoms. The molecule has 4 bridgehead atoms. The molecule has 0 heterocycles. The standard InChI is InChI=1S/C24H43P/c1-3-4-14-25(23-10-9-21-15-19(2)16-22(23)17-21)24-12-7-5-6-8-20(18-24)11-13-24/h19-23H,3-18H2,1-2H3. The SMILES string of the molecule is CCCCP(C1CCC2CC(C)CC1C2)C12CCCCCC(CC1)C2. The molecule has 0 aromatic heterocycles. The molecule has 0 spiro atoms. The number of hydrogen-bond donors (Lipinski definition) is 0. The monoisotopic (exact) mass is 362 g/mol. The molecule has 0 aromatic carbocycles. The third kappa shape index (κ3) is 4.00. The van der Waals surface area contributed by atoms with Crippen molar-refractivity contribution in [3.05, 3.63) is 0 Å². The van der Waals surface area contributed by atoms with E-state index in [-0.39, 0.29) is 7.92 Å². The maximum atomic E-state index is 2.57. The Balaban J connectivity index is 1.56. The fourth-order valence-corrected chi connectivity index (χ4v) is 12.4. The largest absolute Gasteiger partial charge is 0.0969 e. The van der Waals surface area contributed by atoms with Crippen LogP contribution in [-0.4, -0.2) is 17.0 Å². The molecule has 0 aliphatic heterocycles. The van der Waals surface area contributed by atoms with Crippen molar-refractivity contribution in [3.63, 3.8) is 0 Å². The molecule has 4 rings (SSSR count). The first-order valence-electron chi connectivity index (χ1n) is 12.0. The summed E-state index contributed by atoms with van der Waals surface area (Å²) >= 11 is 0. The van der Waals surface area contributed by atoms with Gasteiger partial charge >= 0.3 is 0 Å². The second-order valence-electron chi connectivity index (χ2n) is 10.6. The molecule has 0 saturated heterocycles. The lowest BCUT2D eigenvalue weighted by Gasteiger charge is -2.52. The van der Waals surface area contributed by atoms with E-state index >= 15 is 0 Å². The van der Waals surface area contributed by atoms with E-state index in [9.17, 15) is 0 Å². The fourth-order valence-electron chi connectivity index (χ4n) is 7.64. The van der Waals surface area contributed by atoms with Crippen LogP contribution in [0.5, 0.6) is 0 Å². The second kappa shape index (κ2) is 8.20. The summed E-state index contributed by atoms with van der Waals surface area (Å²) in [6.07, 6.45) is 25.3. The molecule has 4 aliphatic rings. The molecule has 0 aromatic rings. The van der Waals surface area contributed by atoms with E-state index in [1.54, 1.807) is 89.6 Å². The number of fused-ring (bicyclic) bond motifs is 4. The zero-order chi connectivity index (χ0) is 17.3. The molecule has 7 unspecified atom stereocenters. The summed E-state index contributed by atoms with van der Waals surface area (Å²) < 4.78 is 0. The first-order valence-corrected chi connectivity index (χ1v) is 13.6. The minimum atomic E-state index is 0.276. The Morgan fingerprint density at radius 3 is 2.68 bits per heavy atom. The van der Waals surface area contributed by atoms with Crippen LogP contribution in [0.25, 0.3) is 0 Å². The summed E-state index contributed by atoms with van der Waals surface area (Å²) in [4.78, 5) is 0. The van der Waals surface area contributed by atoms with Crippen molar-refractivity contribution in [2.45, 2.75) is 121 Å². The van der Waals surface area contributed by atoms with Crippen LogP contribution in [0.15, 0.2) is 0 Å². The highest BCUT2D eigenvalue weighted by molar-refractivity contribution is 7.60. The number of hydrogen-bond acceptors (Lipinski definition) is 0. The van der Waals surface area contributed by atoms with Crippen molar-refractivity contribution in [2.24, 2.45) is 23.7 Å². The van der Waals surface area contributed by atoms with Crippen molar-refractivity contribution in [2.75, 3.05) is 6.16 Å². The third-order valence-electron chi connectivity index (χ3n) is 8.69. The van der Waals surface area contributed by atoms with Crippen LogP contribution >= 0.6 is 7.92 Å². The van der Waals surface area contributed by atoms with Gasteiger partial charge in [-0.25, -0.2) is 0 Å². The van der Waals surface area contributed by atoms with Gasteiger partial charge in [-0.2, -0.15) is 0 Å². The van der Waals surface area contributed by atoms with Gasteiger partial charge in [0.15, 0.2) is 0 Å². The van der Waals surface area contributed by atoms with Crippen molar-refractivity contribution >= 4 is 7.92 Å². The van der Waals surface area contributed by atoms with Crippen LogP contribution in [0.3, 0.4) is 0 Å². The van der Waals surface area contributed by atoms with Crippen molar-refractivity contribution in [1.82, 2.24) is 0 Å². The smallest absolute Gasteiger partial charge is 0.00891 e. The summed E-state index contributed by atoms with van der Waals surface area (Å²) in [7, 11) is 0.276. The highest BCUT2D eigenvalue weighted by atomic mass is 31.1. The zero-order valence-electron chi connectivity index (χ0n) is 17.1. The van der Waals surface area contributed by atoms with Gasteiger partial charge in [0.2, 0.25) is 0 Å². The van der Waals surface area contributed by atoms with Gasteiger partial charge in [-0.05, 0) is 105 Å². The third-order valence-corrected chi connectivity index (χ3v) is 12.8. The maximum absolute atomic E-state index is 2.57. The van der Waals surface area contributed by atoms with E-state index in [0.29, 0.717) is 0 Å². The molecule has 7 atom stereocenters. The summed E-state index contributed by atoms with van der Waals surface area (Å²) in [6, 6.07) is 0.